The molecule has 0 heterocycles. The van der Waals surface area contributed by atoms with E-state index in [2.05, 4.69) is 45.5 Å². The lowest BCUT2D eigenvalue weighted by molar-refractivity contribution is -0.00299. The molecule has 1 amide bonds. The van der Waals surface area contributed by atoms with Crippen LogP contribution in [0.15, 0.2) is 53.0 Å². The van der Waals surface area contributed by atoms with Gasteiger partial charge >= 0.3 is 0 Å². The van der Waals surface area contributed by atoms with E-state index in [4.69, 9.17) is 0 Å². The summed E-state index contributed by atoms with van der Waals surface area (Å²) in [5.74, 6) is 4.16. The average molecular weight is 424 g/mol. The maximum atomic E-state index is 13.0. The van der Waals surface area contributed by atoms with Crippen molar-refractivity contribution in [1.82, 2.24) is 5.32 Å². The minimum atomic E-state index is 0.0689. The van der Waals surface area contributed by atoms with Crippen molar-refractivity contribution in [3.63, 3.8) is 0 Å². The Hall–Kier alpha value is -1.61. The summed E-state index contributed by atoms with van der Waals surface area (Å²) in [5.41, 5.74) is 3.31. The lowest BCUT2D eigenvalue weighted by Crippen LogP contribution is -2.44. The molecule has 4 aliphatic rings. The summed E-state index contributed by atoms with van der Waals surface area (Å²) >= 11 is 3.50. The number of benzene rings is 2. The van der Waals surface area contributed by atoms with E-state index in [-0.39, 0.29) is 5.91 Å². The van der Waals surface area contributed by atoms with Gasteiger partial charge in [-0.3, -0.25) is 4.79 Å². The fraction of sp³-hybridized carbons (Fsp3) is 0.458. The molecule has 0 aromatic heterocycles. The van der Waals surface area contributed by atoms with Crippen molar-refractivity contribution in [2.24, 2.45) is 23.7 Å². The highest BCUT2D eigenvalue weighted by Gasteiger charge is 2.49. The number of halogens is 1. The van der Waals surface area contributed by atoms with Crippen LogP contribution < -0.4 is 5.32 Å². The smallest absolute Gasteiger partial charge is 0.251 e. The standard InChI is InChI=1S/C24H26BrNO/c25-20-5-3-4-15(13-20)14-26-24(27)22-7-2-1-6-21(22)23-18-9-16-8-17(11-18)12-19(23)10-16/h1-7,13,16-19,23H,8-12,14H2,(H,26,27). The van der Waals surface area contributed by atoms with Gasteiger partial charge in [-0.15, -0.1) is 0 Å². The van der Waals surface area contributed by atoms with Gasteiger partial charge in [-0.25, -0.2) is 0 Å². The minimum absolute atomic E-state index is 0.0689. The summed E-state index contributed by atoms with van der Waals surface area (Å²) in [4.78, 5) is 13.0. The van der Waals surface area contributed by atoms with E-state index < -0.39 is 0 Å². The number of nitrogens with one attached hydrogen (secondary N) is 1. The maximum Gasteiger partial charge on any atom is 0.251 e. The van der Waals surface area contributed by atoms with Gasteiger partial charge in [0.05, 0.1) is 0 Å². The average Bonchev–Trinajstić information content (AvgIpc) is 2.66. The maximum absolute atomic E-state index is 13.0. The second-order valence-electron chi connectivity index (χ2n) is 8.86. The fourth-order valence-corrected chi connectivity index (χ4v) is 6.80. The highest BCUT2D eigenvalue weighted by atomic mass is 79.9. The van der Waals surface area contributed by atoms with Crippen molar-refractivity contribution in [1.29, 1.82) is 0 Å². The van der Waals surface area contributed by atoms with Crippen molar-refractivity contribution in [2.45, 2.75) is 44.6 Å². The Kier molecular flexibility index (Phi) is 4.59. The molecule has 1 N–H and O–H groups in total. The van der Waals surface area contributed by atoms with Crippen LogP contribution >= 0.6 is 15.9 Å². The Labute approximate surface area is 169 Å². The van der Waals surface area contributed by atoms with Crippen LogP contribution in [0, 0.1) is 23.7 Å². The summed E-state index contributed by atoms with van der Waals surface area (Å²) in [5, 5.41) is 3.15. The molecule has 0 spiro atoms. The first-order valence-corrected chi connectivity index (χ1v) is 11.1. The zero-order valence-electron chi connectivity index (χ0n) is 15.5. The molecule has 0 atom stereocenters. The second-order valence-corrected chi connectivity index (χ2v) is 9.77. The van der Waals surface area contributed by atoms with Gasteiger partial charge in [0.25, 0.3) is 5.91 Å². The van der Waals surface area contributed by atoms with Crippen molar-refractivity contribution < 1.29 is 4.79 Å². The third-order valence-electron chi connectivity index (χ3n) is 7.13. The van der Waals surface area contributed by atoms with Gasteiger partial charge in [0, 0.05) is 16.6 Å². The first-order valence-electron chi connectivity index (χ1n) is 10.3. The van der Waals surface area contributed by atoms with Gasteiger partial charge in [-0.05, 0) is 91.0 Å². The largest absolute Gasteiger partial charge is 0.348 e. The topological polar surface area (TPSA) is 29.1 Å². The van der Waals surface area contributed by atoms with E-state index in [0.29, 0.717) is 12.5 Å². The molecule has 4 aliphatic carbocycles. The normalized spacial score (nSPS) is 31.1. The first kappa shape index (κ1) is 17.5. The van der Waals surface area contributed by atoms with E-state index >= 15 is 0 Å². The SMILES string of the molecule is O=C(NCc1cccc(Br)c1)c1ccccc1C1C2CC3CC(C2)CC1C3. The number of carbonyl (C=O) groups is 1. The van der Waals surface area contributed by atoms with Crippen molar-refractivity contribution in [3.05, 3.63) is 69.7 Å². The molecular weight excluding hydrogens is 398 g/mol. The molecule has 2 aromatic rings. The minimum Gasteiger partial charge on any atom is -0.348 e. The van der Waals surface area contributed by atoms with Crippen molar-refractivity contribution >= 4 is 21.8 Å². The lowest BCUT2D eigenvalue weighted by atomic mass is 9.50. The first-order chi connectivity index (χ1) is 13.2. The van der Waals surface area contributed by atoms with Gasteiger partial charge in [-0.1, -0.05) is 46.3 Å². The second kappa shape index (κ2) is 7.09. The van der Waals surface area contributed by atoms with Crippen LogP contribution in [-0.4, -0.2) is 5.91 Å². The zero-order valence-corrected chi connectivity index (χ0v) is 17.1. The summed E-state index contributed by atoms with van der Waals surface area (Å²) in [7, 11) is 0. The highest BCUT2D eigenvalue weighted by molar-refractivity contribution is 9.10. The van der Waals surface area contributed by atoms with E-state index in [0.717, 1.165) is 39.3 Å². The van der Waals surface area contributed by atoms with Gasteiger partial charge in [0.15, 0.2) is 0 Å². The number of hydrogen-bond acceptors (Lipinski definition) is 1. The fourth-order valence-electron chi connectivity index (χ4n) is 6.35. The number of carbonyl (C=O) groups excluding carboxylic acids is 1. The molecular formula is C24H26BrNO. The monoisotopic (exact) mass is 423 g/mol. The quantitative estimate of drug-likeness (QED) is 0.649. The Morgan fingerprint density at radius 1 is 0.926 bits per heavy atom. The van der Waals surface area contributed by atoms with E-state index in [9.17, 15) is 4.79 Å². The zero-order chi connectivity index (χ0) is 18.4. The molecule has 4 fully saturated rings. The molecule has 27 heavy (non-hydrogen) atoms. The highest BCUT2D eigenvalue weighted by Crippen LogP contribution is 2.60. The van der Waals surface area contributed by atoms with Gasteiger partial charge in [-0.2, -0.15) is 0 Å². The third-order valence-corrected chi connectivity index (χ3v) is 7.63. The van der Waals surface area contributed by atoms with E-state index in [1.54, 1.807) is 0 Å². The number of hydrogen-bond donors (Lipinski definition) is 1. The van der Waals surface area contributed by atoms with Gasteiger partial charge < -0.3 is 5.32 Å². The summed E-state index contributed by atoms with van der Waals surface area (Å²) in [6.45, 7) is 0.564. The molecule has 0 saturated heterocycles. The van der Waals surface area contributed by atoms with Gasteiger partial charge in [0.1, 0.15) is 0 Å². The van der Waals surface area contributed by atoms with E-state index in [1.165, 1.54) is 37.7 Å². The molecule has 0 radical (unpaired) electrons. The summed E-state index contributed by atoms with van der Waals surface area (Å²) in [6.07, 6.45) is 6.99. The molecule has 0 aliphatic heterocycles. The van der Waals surface area contributed by atoms with Crippen LogP contribution in [0.25, 0.3) is 0 Å². The summed E-state index contributed by atoms with van der Waals surface area (Å²) < 4.78 is 1.04. The molecule has 4 saturated carbocycles. The van der Waals surface area contributed by atoms with Crippen LogP contribution in [0.4, 0.5) is 0 Å². The molecule has 2 nitrogen and oxygen atoms in total. The molecule has 4 bridgehead atoms. The molecule has 6 rings (SSSR count). The number of rotatable bonds is 4. The van der Waals surface area contributed by atoms with E-state index in [1.807, 2.05) is 24.3 Å². The van der Waals surface area contributed by atoms with Crippen LogP contribution in [0.1, 0.15) is 59.5 Å². The molecule has 0 unspecified atom stereocenters. The van der Waals surface area contributed by atoms with Gasteiger partial charge in [0.2, 0.25) is 0 Å². The third kappa shape index (κ3) is 3.35. The van der Waals surface area contributed by atoms with Crippen molar-refractivity contribution in [2.75, 3.05) is 0 Å². The predicted octanol–water partition coefficient (Wildman–Crippen LogP) is 5.92. The molecule has 140 valence electrons. The van der Waals surface area contributed by atoms with Crippen LogP contribution in [0.2, 0.25) is 0 Å². The predicted molar refractivity (Wildman–Crippen MR) is 112 cm³/mol. The molecule has 3 heteroatoms. The molecule has 2 aromatic carbocycles. The number of amides is 1. The lowest BCUT2D eigenvalue weighted by Gasteiger charge is -2.55. The summed E-state index contributed by atoms with van der Waals surface area (Å²) in [6, 6.07) is 16.5. The Morgan fingerprint density at radius 3 is 2.33 bits per heavy atom. The Morgan fingerprint density at radius 2 is 1.63 bits per heavy atom. The van der Waals surface area contributed by atoms with Crippen LogP contribution in [-0.2, 0) is 6.54 Å². The Balaban J connectivity index is 1.37. The van der Waals surface area contributed by atoms with Crippen LogP contribution in [0.5, 0.6) is 0 Å². The van der Waals surface area contributed by atoms with Crippen molar-refractivity contribution in [3.8, 4) is 0 Å². The Bertz CT molecular complexity index is 833. The van der Waals surface area contributed by atoms with Crippen LogP contribution in [0.3, 0.4) is 0 Å².